The second-order valence-corrected chi connectivity index (χ2v) is 7.92. The summed E-state index contributed by atoms with van der Waals surface area (Å²) in [6, 6.07) is 3.09. The van der Waals surface area contributed by atoms with Gasteiger partial charge >= 0.3 is 0 Å². The number of aromatic nitrogens is 3. The molecule has 1 N–H and O–H groups in total. The monoisotopic (exact) mass is 392 g/mol. The Morgan fingerprint density at radius 2 is 2.07 bits per heavy atom. The van der Waals surface area contributed by atoms with Crippen LogP contribution in [0.3, 0.4) is 0 Å². The van der Waals surface area contributed by atoms with Crippen molar-refractivity contribution >= 4 is 33.1 Å². The summed E-state index contributed by atoms with van der Waals surface area (Å²) in [4.78, 5) is 16.2. The molecular weight excluding hydrogens is 372 g/mol. The number of carbonyl (C=O) groups is 1. The second kappa shape index (κ2) is 7.45. The van der Waals surface area contributed by atoms with Gasteiger partial charge in [0.15, 0.2) is 5.82 Å². The van der Waals surface area contributed by atoms with Gasteiger partial charge in [-0.15, -0.1) is 0 Å². The van der Waals surface area contributed by atoms with Crippen LogP contribution in [0.2, 0.25) is 0 Å². The van der Waals surface area contributed by atoms with Gasteiger partial charge in [0.05, 0.1) is 36.8 Å². The summed E-state index contributed by atoms with van der Waals surface area (Å²) in [6.07, 6.45) is 4.25. The minimum atomic E-state index is -3.78. The molecular formula is C16H20N6O4S. The van der Waals surface area contributed by atoms with Crippen molar-refractivity contribution in [2.24, 2.45) is 5.10 Å². The molecule has 0 unspecified atom stereocenters. The van der Waals surface area contributed by atoms with E-state index in [-0.39, 0.29) is 35.6 Å². The SMILES string of the molecule is COCC1=NN(c2ccc(NS(=O)(=O)c3cnn(C(C)C)c3)cn2)C(=O)C1. The highest BCUT2D eigenvalue weighted by molar-refractivity contribution is 7.92. The predicted octanol–water partition coefficient (Wildman–Crippen LogP) is 1.40. The summed E-state index contributed by atoms with van der Waals surface area (Å²) in [5.41, 5.74) is 0.875. The van der Waals surface area contributed by atoms with Crippen LogP contribution in [-0.2, 0) is 19.6 Å². The van der Waals surface area contributed by atoms with Gasteiger partial charge in [-0.2, -0.15) is 15.2 Å². The smallest absolute Gasteiger partial charge is 0.265 e. The number of hydrogen-bond donors (Lipinski definition) is 1. The Kier molecular flexibility index (Phi) is 5.24. The molecule has 0 saturated carbocycles. The van der Waals surface area contributed by atoms with Crippen LogP contribution >= 0.6 is 0 Å². The molecule has 0 aliphatic carbocycles. The first-order valence-corrected chi connectivity index (χ1v) is 9.70. The van der Waals surface area contributed by atoms with Crippen molar-refractivity contribution in [3.8, 4) is 0 Å². The quantitative estimate of drug-likeness (QED) is 0.761. The van der Waals surface area contributed by atoms with Crippen molar-refractivity contribution in [2.45, 2.75) is 31.2 Å². The van der Waals surface area contributed by atoms with Crippen LogP contribution in [0.25, 0.3) is 0 Å². The van der Waals surface area contributed by atoms with E-state index in [1.165, 1.54) is 42.8 Å². The lowest BCUT2D eigenvalue weighted by molar-refractivity contribution is -0.117. The molecule has 2 aromatic heterocycles. The highest BCUT2D eigenvalue weighted by atomic mass is 32.2. The van der Waals surface area contributed by atoms with Crippen LogP contribution in [0.15, 0.2) is 40.7 Å². The lowest BCUT2D eigenvalue weighted by atomic mass is 10.3. The van der Waals surface area contributed by atoms with Gasteiger partial charge in [-0.3, -0.25) is 14.2 Å². The molecule has 0 bridgehead atoms. The van der Waals surface area contributed by atoms with Crippen LogP contribution in [0.5, 0.6) is 0 Å². The molecule has 0 aromatic carbocycles. The van der Waals surface area contributed by atoms with E-state index >= 15 is 0 Å². The van der Waals surface area contributed by atoms with Gasteiger partial charge < -0.3 is 4.74 Å². The van der Waals surface area contributed by atoms with Gasteiger partial charge in [-0.1, -0.05) is 0 Å². The number of hydrogen-bond acceptors (Lipinski definition) is 7. The Labute approximate surface area is 156 Å². The maximum absolute atomic E-state index is 12.5. The summed E-state index contributed by atoms with van der Waals surface area (Å²) < 4.78 is 33.9. The highest BCUT2D eigenvalue weighted by Gasteiger charge is 2.26. The molecule has 144 valence electrons. The lowest BCUT2D eigenvalue weighted by Crippen LogP contribution is -2.20. The fourth-order valence-corrected chi connectivity index (χ4v) is 3.42. The molecule has 11 heteroatoms. The van der Waals surface area contributed by atoms with Gasteiger partial charge in [0.25, 0.3) is 15.9 Å². The summed E-state index contributed by atoms with van der Waals surface area (Å²) in [7, 11) is -2.26. The van der Waals surface area contributed by atoms with Gasteiger partial charge in [0.1, 0.15) is 4.90 Å². The highest BCUT2D eigenvalue weighted by Crippen LogP contribution is 2.21. The summed E-state index contributed by atoms with van der Waals surface area (Å²) in [5, 5.41) is 9.38. The van der Waals surface area contributed by atoms with Crippen LogP contribution in [-0.4, -0.2) is 48.5 Å². The number of sulfonamides is 1. The first kappa shape index (κ1) is 19.0. The van der Waals surface area contributed by atoms with E-state index in [1.54, 1.807) is 4.68 Å². The number of rotatable bonds is 7. The summed E-state index contributed by atoms with van der Waals surface area (Å²) in [5.74, 6) is 0.0886. The number of carbonyl (C=O) groups excluding carboxylic acids is 1. The Morgan fingerprint density at radius 1 is 1.30 bits per heavy atom. The molecule has 1 aliphatic rings. The number of nitrogens with zero attached hydrogens (tertiary/aromatic N) is 5. The largest absolute Gasteiger partial charge is 0.379 e. The predicted molar refractivity (Wildman–Crippen MR) is 99.1 cm³/mol. The molecule has 1 aliphatic heterocycles. The van der Waals surface area contributed by atoms with Crippen molar-refractivity contribution in [1.82, 2.24) is 14.8 Å². The number of hydrazone groups is 1. The minimum absolute atomic E-state index is 0.0523. The van der Waals surface area contributed by atoms with Gasteiger partial charge in [-0.25, -0.2) is 13.4 Å². The number of nitrogens with one attached hydrogen (secondary N) is 1. The zero-order chi connectivity index (χ0) is 19.6. The Balaban J connectivity index is 1.74. The normalized spacial score (nSPS) is 14.7. The number of methoxy groups -OCH3 is 1. The Morgan fingerprint density at radius 3 is 2.67 bits per heavy atom. The van der Waals surface area contributed by atoms with Crippen LogP contribution in [0.1, 0.15) is 26.3 Å². The van der Waals surface area contributed by atoms with Gasteiger partial charge in [0.2, 0.25) is 0 Å². The van der Waals surface area contributed by atoms with E-state index in [4.69, 9.17) is 4.74 Å². The third-order valence-corrected chi connectivity index (χ3v) is 5.11. The third-order valence-electron chi connectivity index (χ3n) is 3.78. The summed E-state index contributed by atoms with van der Waals surface area (Å²) >= 11 is 0. The number of amides is 1. The molecule has 27 heavy (non-hydrogen) atoms. The minimum Gasteiger partial charge on any atom is -0.379 e. The first-order valence-electron chi connectivity index (χ1n) is 8.21. The van der Waals surface area contributed by atoms with Crippen molar-refractivity contribution in [3.63, 3.8) is 0 Å². The van der Waals surface area contributed by atoms with E-state index in [2.05, 4.69) is 19.9 Å². The molecule has 1 amide bonds. The van der Waals surface area contributed by atoms with Crippen molar-refractivity contribution in [1.29, 1.82) is 0 Å². The molecule has 0 atom stereocenters. The molecule has 2 aromatic rings. The lowest BCUT2D eigenvalue weighted by Gasteiger charge is -2.11. The average molecular weight is 392 g/mol. The van der Waals surface area contributed by atoms with Gasteiger partial charge in [-0.05, 0) is 26.0 Å². The first-order chi connectivity index (χ1) is 12.8. The topological polar surface area (TPSA) is 119 Å². The standard InChI is InChI=1S/C16H20N6O4S/c1-11(2)21-9-14(8-18-21)27(24,25)20-12-4-5-15(17-7-12)22-16(23)6-13(19-22)10-26-3/h4-5,7-9,11,20H,6,10H2,1-3H3. The number of ether oxygens (including phenoxy) is 1. The van der Waals surface area contributed by atoms with Crippen LogP contribution in [0, 0.1) is 0 Å². The molecule has 0 radical (unpaired) electrons. The average Bonchev–Trinajstić information content (AvgIpc) is 3.23. The molecule has 0 spiro atoms. The van der Waals surface area contributed by atoms with Gasteiger partial charge in [0, 0.05) is 19.3 Å². The molecule has 3 rings (SSSR count). The Hall–Kier alpha value is -2.79. The van der Waals surface area contributed by atoms with E-state index in [9.17, 15) is 13.2 Å². The van der Waals surface area contributed by atoms with E-state index in [0.717, 1.165) is 0 Å². The van der Waals surface area contributed by atoms with E-state index in [1.807, 2.05) is 13.8 Å². The second-order valence-electron chi connectivity index (χ2n) is 6.24. The van der Waals surface area contributed by atoms with Crippen molar-refractivity contribution < 1.29 is 17.9 Å². The Bertz CT molecular complexity index is 965. The van der Waals surface area contributed by atoms with E-state index in [0.29, 0.717) is 11.5 Å². The fraction of sp³-hybridized carbons (Fsp3) is 0.375. The van der Waals surface area contributed by atoms with Crippen LogP contribution in [0.4, 0.5) is 11.5 Å². The zero-order valence-corrected chi connectivity index (χ0v) is 16.0. The molecule has 0 fully saturated rings. The number of anilines is 2. The van der Waals surface area contributed by atoms with Crippen molar-refractivity contribution in [2.75, 3.05) is 23.4 Å². The third kappa shape index (κ3) is 4.14. The molecule has 3 heterocycles. The maximum Gasteiger partial charge on any atom is 0.265 e. The molecule has 10 nitrogen and oxygen atoms in total. The van der Waals surface area contributed by atoms with E-state index < -0.39 is 10.0 Å². The summed E-state index contributed by atoms with van der Waals surface area (Å²) in [6.45, 7) is 4.07. The fourth-order valence-electron chi connectivity index (χ4n) is 2.44. The zero-order valence-electron chi connectivity index (χ0n) is 15.2. The van der Waals surface area contributed by atoms with Crippen LogP contribution < -0.4 is 9.73 Å². The number of pyridine rings is 1. The maximum atomic E-state index is 12.5. The van der Waals surface area contributed by atoms with Crippen molar-refractivity contribution in [3.05, 3.63) is 30.7 Å². The molecule has 0 saturated heterocycles.